The molecule has 0 spiro atoms. The molecule has 8 heteroatoms. The monoisotopic (exact) mass is 371 g/mol. The fourth-order valence-electron chi connectivity index (χ4n) is 2.33. The van der Waals surface area contributed by atoms with Crippen LogP contribution in [0.2, 0.25) is 5.02 Å². The van der Waals surface area contributed by atoms with E-state index >= 15 is 0 Å². The number of allylic oxidation sites excluding steroid dienone is 1. The average Bonchev–Trinajstić information content (AvgIpc) is 3.04. The number of nitrogens with one attached hydrogen (secondary N) is 2. The fourth-order valence-corrected chi connectivity index (χ4v) is 4.19. The zero-order valence-corrected chi connectivity index (χ0v) is 14.5. The molecule has 0 aliphatic heterocycles. The Balaban J connectivity index is 1.76. The van der Waals surface area contributed by atoms with Crippen LogP contribution >= 0.6 is 22.9 Å². The van der Waals surface area contributed by atoms with Gasteiger partial charge >= 0.3 is 0 Å². The number of thiazole rings is 1. The summed E-state index contributed by atoms with van der Waals surface area (Å²) in [5.41, 5.74) is 0.527. The van der Waals surface area contributed by atoms with Gasteiger partial charge in [-0.2, -0.15) is 0 Å². The predicted molar refractivity (Wildman–Crippen MR) is 94.0 cm³/mol. The van der Waals surface area contributed by atoms with Gasteiger partial charge in [0.25, 0.3) is 0 Å². The zero-order valence-electron chi connectivity index (χ0n) is 12.1. The van der Waals surface area contributed by atoms with Crippen LogP contribution in [0, 0.1) is 5.82 Å². The Kier molecular flexibility index (Phi) is 5.30. The minimum absolute atomic E-state index is 0.0132. The van der Waals surface area contributed by atoms with Crippen LogP contribution in [0.1, 0.15) is 19.3 Å². The van der Waals surface area contributed by atoms with Crippen LogP contribution in [-0.4, -0.2) is 15.2 Å². The summed E-state index contributed by atoms with van der Waals surface area (Å²) in [5.74, 6) is -0.564. The van der Waals surface area contributed by atoms with Gasteiger partial charge in [0.15, 0.2) is 16.1 Å². The third kappa shape index (κ3) is 4.10. The fraction of sp³-hybridized carbons (Fsp3) is 0.267. The van der Waals surface area contributed by atoms with Crippen molar-refractivity contribution in [3.05, 3.63) is 46.7 Å². The summed E-state index contributed by atoms with van der Waals surface area (Å²) in [5, 5.41) is 5.81. The van der Waals surface area contributed by atoms with Crippen molar-refractivity contribution in [1.29, 1.82) is 0 Å². The maximum Gasteiger partial charge on any atom is 0.194 e. The molecule has 2 unspecified atom stereocenters. The van der Waals surface area contributed by atoms with Gasteiger partial charge in [0.1, 0.15) is 5.82 Å². The lowest BCUT2D eigenvalue weighted by Gasteiger charge is -2.21. The largest absolute Gasteiger partial charge is 0.381 e. The van der Waals surface area contributed by atoms with Crippen LogP contribution in [0.15, 0.2) is 40.8 Å². The molecule has 1 heterocycles. The van der Waals surface area contributed by atoms with Gasteiger partial charge in [-0.25, -0.2) is 13.6 Å². The van der Waals surface area contributed by atoms with Gasteiger partial charge in [-0.3, -0.25) is 4.72 Å². The summed E-state index contributed by atoms with van der Waals surface area (Å²) in [4.78, 5) is 3.98. The third-order valence-corrected chi connectivity index (χ3v) is 5.68. The van der Waals surface area contributed by atoms with Crippen molar-refractivity contribution in [3.8, 4) is 0 Å². The smallest absolute Gasteiger partial charge is 0.194 e. The highest BCUT2D eigenvalue weighted by molar-refractivity contribution is 7.86. The average molecular weight is 372 g/mol. The summed E-state index contributed by atoms with van der Waals surface area (Å²) < 4.78 is 29.2. The van der Waals surface area contributed by atoms with E-state index in [1.54, 1.807) is 11.6 Å². The van der Waals surface area contributed by atoms with Crippen molar-refractivity contribution < 1.29 is 8.60 Å². The highest BCUT2D eigenvalue weighted by Gasteiger charge is 2.17. The van der Waals surface area contributed by atoms with Gasteiger partial charge in [-0.1, -0.05) is 23.8 Å². The van der Waals surface area contributed by atoms with Crippen molar-refractivity contribution in [3.63, 3.8) is 0 Å². The molecule has 0 radical (unpaired) electrons. The zero-order chi connectivity index (χ0) is 16.2. The number of benzene rings is 1. The summed E-state index contributed by atoms with van der Waals surface area (Å²) in [6.45, 7) is 0. The summed E-state index contributed by atoms with van der Waals surface area (Å²) in [6, 6.07) is 2.94. The molecule has 23 heavy (non-hydrogen) atoms. The summed E-state index contributed by atoms with van der Waals surface area (Å²) in [6.07, 6.45) is 8.69. The number of hydrogen-bond acceptors (Lipinski definition) is 4. The molecule has 0 amide bonds. The maximum absolute atomic E-state index is 14.3. The summed E-state index contributed by atoms with van der Waals surface area (Å²) in [7, 11) is -1.75. The molecule has 0 bridgehead atoms. The van der Waals surface area contributed by atoms with Crippen LogP contribution in [0.25, 0.3) is 0 Å². The lowest BCUT2D eigenvalue weighted by molar-refractivity contribution is 0.594. The topological polar surface area (TPSA) is 54.0 Å². The number of nitrogens with zero attached hydrogens (tertiary/aromatic N) is 1. The first-order valence-corrected chi connectivity index (χ1v) is 9.52. The van der Waals surface area contributed by atoms with Crippen LogP contribution in [0.5, 0.6) is 0 Å². The minimum Gasteiger partial charge on any atom is -0.381 e. The first-order chi connectivity index (χ1) is 11.1. The molecule has 122 valence electrons. The minimum atomic E-state index is -1.75. The number of halogens is 2. The standard InChI is InChI=1S/C15H15ClFN3OS2/c16-11-8-14(23(21)20-15-18-6-7-22-15)12(17)9-13(11)19-10-4-2-1-3-5-10/h1-2,6-10,19H,3-5H2,(H,18,20). The second-order valence-corrected chi connectivity index (χ2v) is 7.58. The Labute approximate surface area is 145 Å². The van der Waals surface area contributed by atoms with E-state index in [2.05, 4.69) is 27.2 Å². The third-order valence-electron chi connectivity index (χ3n) is 3.46. The molecule has 1 aliphatic rings. The maximum atomic E-state index is 14.3. The van der Waals surface area contributed by atoms with Gasteiger partial charge in [-0.05, 0) is 31.4 Å². The van der Waals surface area contributed by atoms with Crippen LogP contribution in [0.3, 0.4) is 0 Å². The van der Waals surface area contributed by atoms with Gasteiger partial charge in [0.2, 0.25) is 0 Å². The Bertz CT molecular complexity index is 737. The van der Waals surface area contributed by atoms with Crippen LogP contribution < -0.4 is 10.0 Å². The van der Waals surface area contributed by atoms with Crippen LogP contribution in [-0.2, 0) is 11.0 Å². The van der Waals surface area contributed by atoms with E-state index in [4.69, 9.17) is 11.6 Å². The lowest BCUT2D eigenvalue weighted by Crippen LogP contribution is -2.20. The van der Waals surface area contributed by atoms with E-state index in [1.807, 2.05) is 0 Å². The SMILES string of the molecule is O=S(Nc1nccs1)c1cc(Cl)c(NC2CC=CCC2)cc1F. The van der Waals surface area contributed by atoms with E-state index in [0.29, 0.717) is 15.8 Å². The molecular formula is C15H15ClFN3OS2. The number of anilines is 2. The van der Waals surface area contributed by atoms with Gasteiger partial charge in [0, 0.05) is 17.6 Å². The molecule has 0 saturated heterocycles. The first-order valence-electron chi connectivity index (χ1n) is 7.12. The van der Waals surface area contributed by atoms with E-state index < -0.39 is 16.8 Å². The quantitative estimate of drug-likeness (QED) is 0.756. The molecule has 1 aliphatic carbocycles. The van der Waals surface area contributed by atoms with Crippen molar-refractivity contribution in [2.24, 2.45) is 0 Å². The molecule has 2 N–H and O–H groups in total. The Morgan fingerprint density at radius 3 is 2.96 bits per heavy atom. The molecule has 2 atom stereocenters. The molecule has 0 fully saturated rings. The van der Waals surface area contributed by atoms with Gasteiger partial charge in [-0.15, -0.1) is 11.3 Å². The van der Waals surface area contributed by atoms with Gasteiger partial charge < -0.3 is 5.32 Å². The Hall–Kier alpha value is -1.44. The normalized spacial score (nSPS) is 18.6. The van der Waals surface area contributed by atoms with E-state index in [-0.39, 0.29) is 10.9 Å². The molecule has 2 aromatic rings. The predicted octanol–water partition coefficient (Wildman–Crippen LogP) is 4.59. The van der Waals surface area contributed by atoms with E-state index in [0.717, 1.165) is 19.3 Å². The van der Waals surface area contributed by atoms with Gasteiger partial charge in [0.05, 0.1) is 15.6 Å². The molecule has 1 aromatic heterocycles. The highest BCUT2D eigenvalue weighted by atomic mass is 35.5. The summed E-state index contributed by atoms with van der Waals surface area (Å²) >= 11 is 7.52. The first kappa shape index (κ1) is 16.4. The van der Waals surface area contributed by atoms with Crippen molar-refractivity contribution in [2.75, 3.05) is 10.0 Å². The molecule has 1 aromatic carbocycles. The lowest BCUT2D eigenvalue weighted by atomic mass is 10.0. The molecular weight excluding hydrogens is 357 g/mol. The molecule has 0 saturated carbocycles. The van der Waals surface area contributed by atoms with Crippen molar-refractivity contribution >= 4 is 44.7 Å². The molecule has 3 rings (SSSR count). The second-order valence-electron chi connectivity index (χ2n) is 5.10. The Morgan fingerprint density at radius 1 is 1.39 bits per heavy atom. The Morgan fingerprint density at radius 2 is 2.26 bits per heavy atom. The van der Waals surface area contributed by atoms with Crippen molar-refractivity contribution in [2.45, 2.75) is 30.2 Å². The second kappa shape index (κ2) is 7.42. The number of rotatable bonds is 5. The molecule has 4 nitrogen and oxygen atoms in total. The van der Waals surface area contributed by atoms with E-state index in [9.17, 15) is 8.60 Å². The highest BCUT2D eigenvalue weighted by Crippen LogP contribution is 2.30. The number of hydrogen-bond donors (Lipinski definition) is 2. The number of aromatic nitrogens is 1. The van der Waals surface area contributed by atoms with Crippen LogP contribution in [0.4, 0.5) is 15.2 Å². The van der Waals surface area contributed by atoms with Crippen molar-refractivity contribution in [1.82, 2.24) is 4.98 Å². The van der Waals surface area contributed by atoms with E-state index in [1.165, 1.54) is 23.5 Å².